The van der Waals surface area contributed by atoms with Gasteiger partial charge < -0.3 is 9.84 Å². The fourth-order valence-electron chi connectivity index (χ4n) is 2.07. The zero-order chi connectivity index (χ0) is 17.6. The smallest absolute Gasteiger partial charge is 0.329 e. The van der Waals surface area contributed by atoms with Crippen molar-refractivity contribution in [3.63, 3.8) is 0 Å². The molecule has 5 nitrogen and oxygen atoms in total. The molecule has 128 valence electrons. The van der Waals surface area contributed by atoms with E-state index in [4.69, 9.17) is 0 Å². The lowest BCUT2D eigenvalue weighted by Crippen LogP contribution is -2.15. The number of aromatic nitrogens is 2. The summed E-state index contributed by atoms with van der Waals surface area (Å²) < 4.78 is 69.9. The molecule has 1 aromatic carbocycles. The van der Waals surface area contributed by atoms with Gasteiger partial charge in [-0.1, -0.05) is 5.16 Å². The predicted octanol–water partition coefficient (Wildman–Crippen LogP) is 3.69. The van der Waals surface area contributed by atoms with Crippen LogP contribution in [0.1, 0.15) is 24.3 Å². The van der Waals surface area contributed by atoms with Crippen LogP contribution in [-0.4, -0.2) is 16.0 Å². The van der Waals surface area contributed by atoms with Gasteiger partial charge in [-0.05, 0) is 25.8 Å². The summed E-state index contributed by atoms with van der Waals surface area (Å²) in [6, 6.07) is 0.817. The van der Waals surface area contributed by atoms with Gasteiger partial charge in [0, 0.05) is 17.2 Å². The average Bonchev–Trinajstić information content (AvgIpc) is 3.22. The molecular formula is C14H10F5N3O2. The summed E-state index contributed by atoms with van der Waals surface area (Å²) in [5, 5.41) is 5.37. The van der Waals surface area contributed by atoms with Gasteiger partial charge in [0.2, 0.25) is 11.7 Å². The van der Waals surface area contributed by atoms with Gasteiger partial charge in [-0.2, -0.15) is 18.2 Å². The molecule has 10 heteroatoms. The van der Waals surface area contributed by atoms with Gasteiger partial charge in [-0.3, -0.25) is 4.79 Å². The molecule has 24 heavy (non-hydrogen) atoms. The SMILES string of the molecule is Cc1c(NC(=O)C2CC2)cc(F)c(-c2noc(C(F)(F)F)n2)c1F. The number of rotatable bonds is 3. The van der Waals surface area contributed by atoms with E-state index in [2.05, 4.69) is 20.0 Å². The van der Waals surface area contributed by atoms with E-state index >= 15 is 0 Å². The van der Waals surface area contributed by atoms with Crippen LogP contribution in [-0.2, 0) is 11.0 Å². The van der Waals surface area contributed by atoms with Crippen LogP contribution in [0.25, 0.3) is 11.4 Å². The predicted molar refractivity (Wildman–Crippen MR) is 70.7 cm³/mol. The van der Waals surface area contributed by atoms with Crippen LogP contribution >= 0.6 is 0 Å². The van der Waals surface area contributed by atoms with E-state index in [1.54, 1.807) is 0 Å². The highest BCUT2D eigenvalue weighted by Crippen LogP contribution is 2.35. The maximum absolute atomic E-state index is 14.4. The molecule has 1 saturated carbocycles. The highest BCUT2D eigenvalue weighted by Gasteiger charge is 2.39. The van der Waals surface area contributed by atoms with Crippen LogP contribution in [0.3, 0.4) is 0 Å². The number of nitrogens with zero attached hydrogens (tertiary/aromatic N) is 2. The Morgan fingerprint density at radius 3 is 2.54 bits per heavy atom. The van der Waals surface area contributed by atoms with Gasteiger partial charge in [0.25, 0.3) is 0 Å². The van der Waals surface area contributed by atoms with Crippen molar-refractivity contribution < 1.29 is 31.3 Å². The molecule has 0 spiro atoms. The maximum atomic E-state index is 14.4. The molecule has 3 rings (SSSR count). The molecule has 0 radical (unpaired) electrons. The first-order chi connectivity index (χ1) is 11.2. The van der Waals surface area contributed by atoms with E-state index in [-0.39, 0.29) is 23.1 Å². The van der Waals surface area contributed by atoms with Gasteiger partial charge >= 0.3 is 12.1 Å². The van der Waals surface area contributed by atoms with Crippen LogP contribution in [0.4, 0.5) is 27.6 Å². The molecule has 1 heterocycles. The van der Waals surface area contributed by atoms with E-state index in [0.717, 1.165) is 6.07 Å². The molecule has 1 amide bonds. The zero-order valence-corrected chi connectivity index (χ0v) is 12.2. The number of alkyl halides is 3. The summed E-state index contributed by atoms with van der Waals surface area (Å²) >= 11 is 0. The van der Waals surface area contributed by atoms with Gasteiger partial charge in [-0.15, -0.1) is 0 Å². The lowest BCUT2D eigenvalue weighted by molar-refractivity contribution is -0.159. The second-order valence-corrected chi connectivity index (χ2v) is 5.40. The number of hydrogen-bond acceptors (Lipinski definition) is 4. The van der Waals surface area contributed by atoms with Gasteiger partial charge in [0.1, 0.15) is 11.6 Å². The quantitative estimate of drug-likeness (QED) is 0.860. The Morgan fingerprint density at radius 1 is 1.33 bits per heavy atom. The lowest BCUT2D eigenvalue weighted by Gasteiger charge is -2.11. The van der Waals surface area contributed by atoms with E-state index in [0.29, 0.717) is 12.8 Å². The highest BCUT2D eigenvalue weighted by atomic mass is 19.4. The van der Waals surface area contributed by atoms with Crippen molar-refractivity contribution in [3.05, 3.63) is 29.2 Å². The minimum absolute atomic E-state index is 0.0924. The van der Waals surface area contributed by atoms with Gasteiger partial charge in [-0.25, -0.2) is 8.78 Å². The fourth-order valence-corrected chi connectivity index (χ4v) is 2.07. The topological polar surface area (TPSA) is 68.0 Å². The van der Waals surface area contributed by atoms with Crippen molar-refractivity contribution in [1.82, 2.24) is 10.1 Å². The molecule has 0 atom stereocenters. The van der Waals surface area contributed by atoms with Crippen molar-refractivity contribution >= 4 is 11.6 Å². The van der Waals surface area contributed by atoms with Crippen molar-refractivity contribution in [3.8, 4) is 11.4 Å². The molecule has 2 aromatic rings. The number of anilines is 1. The first-order valence-electron chi connectivity index (χ1n) is 6.89. The molecule has 1 aliphatic carbocycles. The molecular weight excluding hydrogens is 337 g/mol. The Labute approximate surface area is 131 Å². The minimum atomic E-state index is -4.93. The fraction of sp³-hybridized carbons (Fsp3) is 0.357. The second kappa shape index (κ2) is 5.53. The molecule has 0 aliphatic heterocycles. The standard InChI is InChI=1S/C14H10F5N3O2/c1-5-8(20-12(23)6-2-3-6)4-7(15)9(10(5)16)11-21-13(24-22-11)14(17,18)19/h4,6H,2-3H2,1H3,(H,20,23). The number of amides is 1. The number of benzene rings is 1. The molecule has 0 bridgehead atoms. The van der Waals surface area contributed by atoms with Crippen LogP contribution in [0.2, 0.25) is 0 Å². The Hall–Kier alpha value is -2.52. The summed E-state index contributed by atoms with van der Waals surface area (Å²) in [6.07, 6.45) is -3.51. The molecule has 1 N–H and O–H groups in total. The Bertz CT molecular complexity index is 811. The van der Waals surface area contributed by atoms with E-state index in [1.807, 2.05) is 0 Å². The van der Waals surface area contributed by atoms with Crippen LogP contribution < -0.4 is 5.32 Å². The van der Waals surface area contributed by atoms with Crippen LogP contribution in [0, 0.1) is 24.5 Å². The number of nitrogens with one attached hydrogen (secondary N) is 1. The normalized spacial score (nSPS) is 14.8. The van der Waals surface area contributed by atoms with Crippen molar-refractivity contribution in [2.75, 3.05) is 5.32 Å². The first-order valence-corrected chi connectivity index (χ1v) is 6.89. The molecule has 1 fully saturated rings. The van der Waals surface area contributed by atoms with E-state index < -0.39 is 35.1 Å². The summed E-state index contributed by atoms with van der Waals surface area (Å²) in [4.78, 5) is 14.7. The number of halogens is 5. The third kappa shape index (κ3) is 2.95. The molecule has 0 saturated heterocycles. The van der Waals surface area contributed by atoms with Crippen molar-refractivity contribution in [2.45, 2.75) is 25.9 Å². The summed E-state index contributed by atoms with van der Waals surface area (Å²) in [7, 11) is 0. The highest BCUT2D eigenvalue weighted by molar-refractivity contribution is 5.95. The van der Waals surface area contributed by atoms with Crippen molar-refractivity contribution in [1.29, 1.82) is 0 Å². The van der Waals surface area contributed by atoms with Crippen LogP contribution in [0.15, 0.2) is 10.6 Å². The lowest BCUT2D eigenvalue weighted by atomic mass is 10.1. The molecule has 0 unspecified atom stereocenters. The monoisotopic (exact) mass is 347 g/mol. The third-order valence-corrected chi connectivity index (χ3v) is 3.56. The first kappa shape index (κ1) is 16.3. The van der Waals surface area contributed by atoms with Crippen molar-refractivity contribution in [2.24, 2.45) is 5.92 Å². The summed E-state index contributed by atoms with van der Waals surface area (Å²) in [5.41, 5.74) is -1.08. The molecule has 1 aliphatic rings. The van der Waals surface area contributed by atoms with E-state index in [9.17, 15) is 26.7 Å². The Balaban J connectivity index is 1.98. The zero-order valence-electron chi connectivity index (χ0n) is 12.2. The Morgan fingerprint density at radius 2 is 2.00 bits per heavy atom. The van der Waals surface area contributed by atoms with Gasteiger partial charge in [0.15, 0.2) is 0 Å². The third-order valence-electron chi connectivity index (χ3n) is 3.56. The Kier molecular flexibility index (Phi) is 3.77. The average molecular weight is 347 g/mol. The summed E-state index contributed by atoms with van der Waals surface area (Å²) in [6.45, 7) is 1.26. The molecule has 1 aromatic heterocycles. The van der Waals surface area contributed by atoms with Crippen LogP contribution in [0.5, 0.6) is 0 Å². The van der Waals surface area contributed by atoms with E-state index in [1.165, 1.54) is 6.92 Å². The number of hydrogen-bond donors (Lipinski definition) is 1. The number of carbonyl (C=O) groups is 1. The van der Waals surface area contributed by atoms with Gasteiger partial charge in [0.05, 0.1) is 5.56 Å². The largest absolute Gasteiger partial charge is 0.471 e. The number of carbonyl (C=O) groups excluding carboxylic acids is 1. The second-order valence-electron chi connectivity index (χ2n) is 5.40. The summed E-state index contributed by atoms with van der Waals surface area (Å²) in [5.74, 6) is -5.49. The maximum Gasteiger partial charge on any atom is 0.471 e. The minimum Gasteiger partial charge on any atom is -0.329 e.